The smallest absolute Gasteiger partial charge is 0.328 e. The molecule has 4 aromatic rings. The zero-order valence-corrected chi connectivity index (χ0v) is 22.0. The molecular formula is C32H29F3N2O2. The van der Waals surface area contributed by atoms with Crippen LogP contribution in [0.1, 0.15) is 49.1 Å². The van der Waals surface area contributed by atoms with Crippen LogP contribution in [0.5, 0.6) is 0 Å². The lowest BCUT2D eigenvalue weighted by Gasteiger charge is -2.44. The highest BCUT2D eigenvalue weighted by atomic mass is 19.1. The van der Waals surface area contributed by atoms with Crippen molar-refractivity contribution >= 4 is 22.9 Å². The molecular weight excluding hydrogens is 501 g/mol. The molecule has 4 nitrogen and oxygen atoms in total. The van der Waals surface area contributed by atoms with Gasteiger partial charge in [0.2, 0.25) is 0 Å². The van der Waals surface area contributed by atoms with Crippen molar-refractivity contribution < 1.29 is 23.1 Å². The SMILES string of the molecule is C[C@H]1Cc2cc(-c3ccc4ncccc4c3)ccc2C(c2c(F)cc(/C=C/C(=O)O)cc2F)N1CC(C)(C)F. The lowest BCUT2D eigenvalue weighted by Crippen LogP contribution is -2.48. The van der Waals surface area contributed by atoms with Gasteiger partial charge in [0.15, 0.2) is 0 Å². The van der Waals surface area contributed by atoms with Crippen molar-refractivity contribution in [1.29, 1.82) is 0 Å². The molecule has 1 N–H and O–H groups in total. The Bertz CT molecular complexity index is 1570. The number of rotatable bonds is 6. The number of nitrogens with zero attached hydrogens (tertiary/aromatic N) is 2. The fourth-order valence-electron chi connectivity index (χ4n) is 5.48. The van der Waals surface area contributed by atoms with Gasteiger partial charge in [0.25, 0.3) is 0 Å². The topological polar surface area (TPSA) is 53.4 Å². The summed E-state index contributed by atoms with van der Waals surface area (Å²) in [6.45, 7) is 4.83. The lowest BCUT2D eigenvalue weighted by molar-refractivity contribution is -0.131. The minimum Gasteiger partial charge on any atom is -0.478 e. The van der Waals surface area contributed by atoms with Crippen LogP contribution in [0, 0.1) is 11.6 Å². The third kappa shape index (κ3) is 5.59. The summed E-state index contributed by atoms with van der Waals surface area (Å²) >= 11 is 0. The highest BCUT2D eigenvalue weighted by Crippen LogP contribution is 2.42. The Labute approximate surface area is 225 Å². The highest BCUT2D eigenvalue weighted by Gasteiger charge is 2.39. The zero-order chi connectivity index (χ0) is 27.9. The number of alkyl halides is 1. The molecule has 1 aromatic heterocycles. The molecule has 0 saturated carbocycles. The van der Waals surface area contributed by atoms with Crippen molar-refractivity contribution in [2.45, 2.75) is 44.9 Å². The molecule has 3 aromatic carbocycles. The first-order valence-corrected chi connectivity index (χ1v) is 12.8. The Hall–Kier alpha value is -3.97. The average molecular weight is 531 g/mol. The van der Waals surface area contributed by atoms with Crippen LogP contribution in [0.15, 0.2) is 72.9 Å². The van der Waals surface area contributed by atoms with E-state index >= 15 is 8.78 Å². The Morgan fingerprint density at radius 3 is 2.46 bits per heavy atom. The van der Waals surface area contributed by atoms with Gasteiger partial charge >= 0.3 is 5.97 Å². The largest absolute Gasteiger partial charge is 0.478 e. The summed E-state index contributed by atoms with van der Waals surface area (Å²) in [5, 5.41) is 9.90. The van der Waals surface area contributed by atoms with Crippen LogP contribution in [-0.4, -0.2) is 39.2 Å². The number of benzene rings is 3. The second kappa shape index (κ2) is 10.3. The number of fused-ring (bicyclic) bond motifs is 2. The minimum atomic E-state index is -1.60. The van der Waals surface area contributed by atoms with Crippen LogP contribution in [-0.2, 0) is 11.2 Å². The van der Waals surface area contributed by atoms with E-state index < -0.39 is 29.3 Å². The highest BCUT2D eigenvalue weighted by molar-refractivity contribution is 5.85. The van der Waals surface area contributed by atoms with Crippen molar-refractivity contribution in [3.8, 4) is 11.1 Å². The molecule has 39 heavy (non-hydrogen) atoms. The number of carbonyl (C=O) groups is 1. The van der Waals surface area contributed by atoms with Gasteiger partial charge < -0.3 is 5.11 Å². The summed E-state index contributed by atoms with van der Waals surface area (Å²) < 4.78 is 46.2. The van der Waals surface area contributed by atoms with Gasteiger partial charge in [-0.15, -0.1) is 0 Å². The Morgan fingerprint density at radius 2 is 1.77 bits per heavy atom. The number of hydrogen-bond donors (Lipinski definition) is 1. The molecule has 0 aliphatic carbocycles. The van der Waals surface area contributed by atoms with E-state index in [4.69, 9.17) is 5.11 Å². The van der Waals surface area contributed by atoms with Crippen molar-refractivity contribution in [3.05, 3.63) is 107 Å². The fourth-order valence-corrected chi connectivity index (χ4v) is 5.48. The van der Waals surface area contributed by atoms with Crippen LogP contribution in [0.25, 0.3) is 28.1 Å². The van der Waals surface area contributed by atoms with E-state index in [1.807, 2.05) is 54.3 Å². The minimum absolute atomic E-state index is 0.0166. The monoisotopic (exact) mass is 530 g/mol. The zero-order valence-electron chi connectivity index (χ0n) is 22.0. The van der Waals surface area contributed by atoms with Crippen LogP contribution in [0.4, 0.5) is 13.2 Å². The molecule has 0 fully saturated rings. The van der Waals surface area contributed by atoms with E-state index in [2.05, 4.69) is 11.1 Å². The van der Waals surface area contributed by atoms with Gasteiger partial charge in [0.05, 0.1) is 11.6 Å². The van der Waals surface area contributed by atoms with Gasteiger partial charge in [-0.05, 0) is 91.4 Å². The fraction of sp³-hybridized carbons (Fsp3) is 0.250. The number of aliphatic carboxylic acids is 1. The third-order valence-corrected chi connectivity index (χ3v) is 7.14. The van der Waals surface area contributed by atoms with Crippen LogP contribution >= 0.6 is 0 Å². The Balaban J connectivity index is 1.63. The normalized spacial score (nSPS) is 18.0. The maximum Gasteiger partial charge on any atom is 0.328 e. The Kier molecular flexibility index (Phi) is 7.03. The predicted molar refractivity (Wildman–Crippen MR) is 147 cm³/mol. The number of hydrogen-bond acceptors (Lipinski definition) is 3. The Morgan fingerprint density at radius 1 is 1.08 bits per heavy atom. The predicted octanol–water partition coefficient (Wildman–Crippen LogP) is 7.36. The molecule has 0 saturated heterocycles. The van der Waals surface area contributed by atoms with Crippen LogP contribution < -0.4 is 0 Å². The molecule has 0 spiro atoms. The van der Waals surface area contributed by atoms with Gasteiger partial charge in [-0.2, -0.15) is 0 Å². The van der Waals surface area contributed by atoms with Crippen molar-refractivity contribution in [1.82, 2.24) is 9.88 Å². The second-order valence-electron chi connectivity index (χ2n) is 10.7. The molecule has 2 heterocycles. The summed E-state index contributed by atoms with van der Waals surface area (Å²) in [6.07, 6.45) is 4.31. The van der Waals surface area contributed by atoms with Gasteiger partial charge in [0.1, 0.15) is 17.3 Å². The number of carboxylic acids is 1. The van der Waals surface area contributed by atoms with E-state index in [0.717, 1.165) is 57.4 Å². The van der Waals surface area contributed by atoms with Gasteiger partial charge in [0, 0.05) is 35.8 Å². The van der Waals surface area contributed by atoms with Crippen LogP contribution in [0.2, 0.25) is 0 Å². The number of pyridine rings is 1. The molecule has 1 aliphatic rings. The number of aromatic nitrogens is 1. The molecule has 7 heteroatoms. The molecule has 0 bridgehead atoms. The van der Waals surface area contributed by atoms with E-state index in [1.165, 1.54) is 13.8 Å². The van der Waals surface area contributed by atoms with Crippen molar-refractivity contribution in [3.63, 3.8) is 0 Å². The lowest BCUT2D eigenvalue weighted by atomic mass is 9.82. The number of halogens is 3. The summed E-state index contributed by atoms with van der Waals surface area (Å²) in [5.74, 6) is -2.83. The first kappa shape index (κ1) is 26.6. The average Bonchev–Trinajstić information content (AvgIpc) is 2.87. The summed E-state index contributed by atoms with van der Waals surface area (Å²) in [4.78, 5) is 17.1. The first-order chi connectivity index (χ1) is 18.5. The quantitative estimate of drug-likeness (QED) is 0.265. The third-order valence-electron chi connectivity index (χ3n) is 7.14. The molecule has 5 rings (SSSR count). The standard InChI is InChI=1S/C32H29F3N2O2/c1-19-13-24-17-21(22-8-10-28-23(16-22)5-4-12-36-28)7-9-25(24)31(37(19)18-32(2,3)35)30-26(33)14-20(15-27(30)34)6-11-29(38)39/h4-12,14-17,19,31H,13,18H2,1-3H3,(H,38,39)/b11-6+/t19-,31?/m0/s1. The summed E-state index contributed by atoms with van der Waals surface area (Å²) in [7, 11) is 0. The molecule has 200 valence electrons. The summed E-state index contributed by atoms with van der Waals surface area (Å²) in [6, 6.07) is 17.0. The van der Waals surface area contributed by atoms with Gasteiger partial charge in [-0.3, -0.25) is 9.88 Å². The van der Waals surface area contributed by atoms with E-state index in [1.54, 1.807) is 6.20 Å². The molecule has 0 radical (unpaired) electrons. The summed E-state index contributed by atoms with van der Waals surface area (Å²) in [5.41, 5.74) is 2.85. The molecule has 1 aliphatic heterocycles. The van der Waals surface area contributed by atoms with E-state index in [0.29, 0.717) is 6.42 Å². The molecule has 1 unspecified atom stereocenters. The van der Waals surface area contributed by atoms with E-state index in [-0.39, 0.29) is 23.7 Å². The molecule has 2 atom stereocenters. The maximum atomic E-state index is 15.6. The maximum absolute atomic E-state index is 15.6. The second-order valence-corrected chi connectivity index (χ2v) is 10.7. The van der Waals surface area contributed by atoms with Gasteiger partial charge in [-0.1, -0.05) is 30.3 Å². The molecule has 0 amide bonds. The van der Waals surface area contributed by atoms with E-state index in [9.17, 15) is 9.18 Å². The van der Waals surface area contributed by atoms with Crippen molar-refractivity contribution in [2.24, 2.45) is 0 Å². The first-order valence-electron chi connectivity index (χ1n) is 12.8. The number of carboxylic acid groups (broad SMARTS) is 1. The van der Waals surface area contributed by atoms with Crippen molar-refractivity contribution in [2.75, 3.05) is 6.54 Å². The van der Waals surface area contributed by atoms with Gasteiger partial charge in [-0.25, -0.2) is 18.0 Å². The van der Waals surface area contributed by atoms with Crippen LogP contribution in [0.3, 0.4) is 0 Å².